The Hall–Kier alpha value is -3.12. The zero-order valence-corrected chi connectivity index (χ0v) is 17.3. The van der Waals surface area contributed by atoms with Gasteiger partial charge >= 0.3 is 5.97 Å². The Morgan fingerprint density at radius 1 is 1.14 bits per heavy atom. The van der Waals surface area contributed by atoms with Gasteiger partial charge in [-0.15, -0.1) is 0 Å². The van der Waals surface area contributed by atoms with E-state index in [9.17, 15) is 9.59 Å². The number of aromatic nitrogens is 2. The fourth-order valence-electron chi connectivity index (χ4n) is 3.34. The number of anilines is 1. The number of nitrogens with one attached hydrogen (secondary N) is 1. The first-order chi connectivity index (χ1) is 13.9. The molecular formula is C22H22ClN3O3. The molecule has 0 bridgehead atoms. The summed E-state index contributed by atoms with van der Waals surface area (Å²) in [7, 11) is 0. The van der Waals surface area contributed by atoms with Gasteiger partial charge in [-0.3, -0.25) is 4.79 Å². The van der Waals surface area contributed by atoms with E-state index in [0.29, 0.717) is 22.1 Å². The van der Waals surface area contributed by atoms with Crippen LogP contribution in [0.15, 0.2) is 48.7 Å². The predicted molar refractivity (Wildman–Crippen MR) is 113 cm³/mol. The molecule has 0 unspecified atom stereocenters. The molecule has 29 heavy (non-hydrogen) atoms. The Labute approximate surface area is 174 Å². The number of pyridine rings is 1. The van der Waals surface area contributed by atoms with Crippen LogP contribution in [0.5, 0.6) is 0 Å². The zero-order valence-electron chi connectivity index (χ0n) is 16.5. The van der Waals surface area contributed by atoms with Gasteiger partial charge in [-0.2, -0.15) is 0 Å². The molecule has 0 aliphatic carbocycles. The minimum atomic E-state index is -0.391. The van der Waals surface area contributed by atoms with Crippen LogP contribution in [0.25, 0.3) is 11.3 Å². The maximum absolute atomic E-state index is 12.7. The summed E-state index contributed by atoms with van der Waals surface area (Å²) in [5.41, 5.74) is 3.68. The zero-order chi connectivity index (χ0) is 21.0. The number of nitrogens with zero attached hydrogens (tertiary/aromatic N) is 2. The molecule has 150 valence electrons. The molecule has 0 atom stereocenters. The van der Waals surface area contributed by atoms with E-state index in [1.54, 1.807) is 19.1 Å². The van der Waals surface area contributed by atoms with Crippen molar-refractivity contribution >= 4 is 29.3 Å². The maximum Gasteiger partial charge on any atom is 0.340 e. The highest BCUT2D eigenvalue weighted by atomic mass is 35.5. The SMILES string of the molecule is CCOC(=O)c1c(C)c(-c2ccccc2)n(CC(=O)Nc2ccc(Cl)cn2)c1C. The second-order valence-corrected chi connectivity index (χ2v) is 6.95. The van der Waals surface area contributed by atoms with Gasteiger partial charge in [0.15, 0.2) is 0 Å². The number of halogens is 1. The molecule has 0 aliphatic heterocycles. The lowest BCUT2D eigenvalue weighted by molar-refractivity contribution is -0.116. The summed E-state index contributed by atoms with van der Waals surface area (Å²) >= 11 is 5.84. The van der Waals surface area contributed by atoms with E-state index in [0.717, 1.165) is 16.8 Å². The van der Waals surface area contributed by atoms with Crippen molar-refractivity contribution in [2.75, 3.05) is 11.9 Å². The van der Waals surface area contributed by atoms with Crippen LogP contribution in [-0.2, 0) is 16.1 Å². The van der Waals surface area contributed by atoms with Gasteiger partial charge in [0, 0.05) is 11.9 Å². The Balaban J connectivity index is 1.99. The van der Waals surface area contributed by atoms with E-state index >= 15 is 0 Å². The molecule has 0 fully saturated rings. The lowest BCUT2D eigenvalue weighted by Crippen LogP contribution is -2.21. The summed E-state index contributed by atoms with van der Waals surface area (Å²) in [6.07, 6.45) is 1.47. The van der Waals surface area contributed by atoms with Crippen LogP contribution in [0.2, 0.25) is 5.02 Å². The lowest BCUT2D eigenvalue weighted by Gasteiger charge is -2.13. The van der Waals surface area contributed by atoms with Gasteiger partial charge < -0.3 is 14.6 Å². The number of ether oxygens (including phenoxy) is 1. The first kappa shape index (κ1) is 20.6. The molecule has 7 heteroatoms. The Kier molecular flexibility index (Phi) is 6.34. The van der Waals surface area contributed by atoms with Crippen LogP contribution < -0.4 is 5.32 Å². The highest BCUT2D eigenvalue weighted by molar-refractivity contribution is 6.30. The number of amides is 1. The maximum atomic E-state index is 12.7. The summed E-state index contributed by atoms with van der Waals surface area (Å²) in [5, 5.41) is 3.25. The van der Waals surface area contributed by atoms with Crippen LogP contribution in [-0.4, -0.2) is 28.0 Å². The molecule has 2 aromatic heterocycles. The van der Waals surface area contributed by atoms with Crippen LogP contribution in [0.3, 0.4) is 0 Å². The molecule has 1 amide bonds. The first-order valence-electron chi connectivity index (χ1n) is 9.26. The standard InChI is InChI=1S/C22H22ClN3O3/c1-4-29-22(28)20-14(2)21(16-8-6-5-7-9-16)26(15(20)3)13-19(27)25-18-11-10-17(23)12-24-18/h5-12H,4,13H2,1-3H3,(H,24,25,27). The van der Waals surface area contributed by atoms with Gasteiger partial charge in [0.25, 0.3) is 0 Å². The number of benzene rings is 1. The minimum absolute atomic E-state index is 0.0284. The molecule has 0 radical (unpaired) electrons. The number of carbonyl (C=O) groups excluding carboxylic acids is 2. The van der Waals surface area contributed by atoms with Crippen molar-refractivity contribution in [3.63, 3.8) is 0 Å². The topological polar surface area (TPSA) is 73.2 Å². The normalized spacial score (nSPS) is 10.6. The summed E-state index contributed by atoms with van der Waals surface area (Å²) in [6.45, 7) is 5.77. The predicted octanol–water partition coefficient (Wildman–Crippen LogP) is 4.64. The summed E-state index contributed by atoms with van der Waals surface area (Å²) in [6, 6.07) is 13.0. The molecule has 1 aromatic carbocycles. The second-order valence-electron chi connectivity index (χ2n) is 6.52. The second kappa shape index (κ2) is 8.92. The fraction of sp³-hybridized carbons (Fsp3) is 0.227. The van der Waals surface area contributed by atoms with Gasteiger partial charge in [0.1, 0.15) is 12.4 Å². The van der Waals surface area contributed by atoms with Crippen molar-refractivity contribution in [3.05, 3.63) is 70.5 Å². The first-order valence-corrected chi connectivity index (χ1v) is 9.63. The summed E-state index contributed by atoms with van der Waals surface area (Å²) < 4.78 is 7.07. The highest BCUT2D eigenvalue weighted by Gasteiger charge is 2.25. The van der Waals surface area contributed by atoms with E-state index in [4.69, 9.17) is 16.3 Å². The molecule has 0 aliphatic rings. The Bertz CT molecular complexity index is 1030. The third-order valence-corrected chi connectivity index (χ3v) is 4.81. The smallest absolute Gasteiger partial charge is 0.340 e. The van der Waals surface area contributed by atoms with E-state index in [1.807, 2.05) is 48.7 Å². The largest absolute Gasteiger partial charge is 0.462 e. The molecule has 0 saturated heterocycles. The Morgan fingerprint density at radius 3 is 2.48 bits per heavy atom. The van der Waals surface area contributed by atoms with E-state index < -0.39 is 5.97 Å². The number of hydrogen-bond acceptors (Lipinski definition) is 4. The van der Waals surface area contributed by atoms with Gasteiger partial charge in [-0.05, 0) is 44.0 Å². The summed E-state index contributed by atoms with van der Waals surface area (Å²) in [5.74, 6) is -0.239. The van der Waals surface area contributed by atoms with Crippen LogP contribution >= 0.6 is 11.6 Å². The molecule has 2 heterocycles. The van der Waals surface area contributed by atoms with E-state index in [2.05, 4.69) is 10.3 Å². The van der Waals surface area contributed by atoms with Gasteiger partial charge in [-0.25, -0.2) is 9.78 Å². The van der Waals surface area contributed by atoms with Crippen molar-refractivity contribution in [3.8, 4) is 11.3 Å². The molecule has 3 aromatic rings. The van der Waals surface area contributed by atoms with Crippen molar-refractivity contribution in [2.24, 2.45) is 0 Å². The van der Waals surface area contributed by atoms with Gasteiger partial charge in [-0.1, -0.05) is 41.9 Å². The molecule has 1 N–H and O–H groups in total. The third-order valence-electron chi connectivity index (χ3n) is 4.59. The third kappa shape index (κ3) is 4.49. The molecule has 3 rings (SSSR count). The lowest BCUT2D eigenvalue weighted by atomic mass is 10.1. The summed E-state index contributed by atoms with van der Waals surface area (Å²) in [4.78, 5) is 29.3. The van der Waals surface area contributed by atoms with Crippen molar-refractivity contribution in [1.29, 1.82) is 0 Å². The average molecular weight is 412 g/mol. The number of hydrogen-bond donors (Lipinski definition) is 1. The van der Waals surface area contributed by atoms with Crippen molar-refractivity contribution in [1.82, 2.24) is 9.55 Å². The quantitative estimate of drug-likeness (QED) is 0.600. The average Bonchev–Trinajstić information content (AvgIpc) is 2.94. The van der Waals surface area contributed by atoms with Crippen LogP contribution in [0.1, 0.15) is 28.5 Å². The number of rotatable bonds is 6. The molecule has 6 nitrogen and oxygen atoms in total. The molecular weight excluding hydrogens is 390 g/mol. The monoisotopic (exact) mass is 411 g/mol. The molecule has 0 saturated carbocycles. The van der Waals surface area contributed by atoms with Gasteiger partial charge in [0.05, 0.1) is 22.9 Å². The highest BCUT2D eigenvalue weighted by Crippen LogP contribution is 2.31. The van der Waals surface area contributed by atoms with Crippen molar-refractivity contribution < 1.29 is 14.3 Å². The minimum Gasteiger partial charge on any atom is -0.462 e. The van der Waals surface area contributed by atoms with Crippen LogP contribution in [0.4, 0.5) is 5.82 Å². The fourth-order valence-corrected chi connectivity index (χ4v) is 3.45. The Morgan fingerprint density at radius 2 is 1.86 bits per heavy atom. The number of carbonyl (C=O) groups is 2. The van der Waals surface area contributed by atoms with Crippen LogP contribution in [0, 0.1) is 13.8 Å². The van der Waals surface area contributed by atoms with Crippen molar-refractivity contribution in [2.45, 2.75) is 27.3 Å². The van der Waals surface area contributed by atoms with E-state index in [1.165, 1.54) is 6.20 Å². The van der Waals surface area contributed by atoms with E-state index in [-0.39, 0.29) is 19.1 Å². The van der Waals surface area contributed by atoms with Gasteiger partial charge in [0.2, 0.25) is 5.91 Å². The molecule has 0 spiro atoms. The number of esters is 1.